The molecule has 1 aliphatic heterocycles. The minimum Gasteiger partial charge on any atom is -0.492 e. The maximum absolute atomic E-state index is 6.36. The molecule has 0 spiro atoms. The molecule has 5 rings (SSSR count). The van der Waals surface area contributed by atoms with Gasteiger partial charge in [-0.25, -0.2) is 0 Å². The SMILES string of the molecule is c1ccc2c3c(ccc2c1)OCCSCCSCCOc1ccc2ccccc2c1-3. The van der Waals surface area contributed by atoms with E-state index in [0.717, 1.165) is 45.6 Å². The van der Waals surface area contributed by atoms with Gasteiger partial charge in [-0.2, -0.15) is 23.5 Å². The summed E-state index contributed by atoms with van der Waals surface area (Å²) in [6, 6.07) is 25.7. The number of hydrogen-bond acceptors (Lipinski definition) is 4. The van der Waals surface area contributed by atoms with E-state index in [2.05, 4.69) is 72.8 Å². The van der Waals surface area contributed by atoms with Crippen molar-refractivity contribution in [1.82, 2.24) is 0 Å². The standard InChI is InChI=1S/C26H24O2S2/c1-3-7-21-19(5-1)9-11-23-25(21)26-22-8-4-2-6-20(22)10-12-24(26)28-14-16-30-18-17-29-15-13-27-23/h1-12H,13-18H2. The van der Waals surface area contributed by atoms with Crippen LogP contribution in [0.1, 0.15) is 0 Å². The highest BCUT2D eigenvalue weighted by molar-refractivity contribution is 8.02. The second-order valence-electron chi connectivity index (χ2n) is 7.24. The Balaban J connectivity index is 1.77. The molecule has 0 saturated carbocycles. The highest BCUT2D eigenvalue weighted by atomic mass is 32.2. The maximum Gasteiger partial charge on any atom is 0.127 e. The first-order valence-electron chi connectivity index (χ1n) is 10.4. The molecule has 4 heteroatoms. The normalized spacial score (nSPS) is 15.5. The topological polar surface area (TPSA) is 18.5 Å². The number of thioether (sulfide) groups is 2. The second-order valence-corrected chi connectivity index (χ2v) is 9.69. The van der Waals surface area contributed by atoms with Crippen molar-refractivity contribution >= 4 is 45.1 Å². The van der Waals surface area contributed by atoms with Gasteiger partial charge in [-0.1, -0.05) is 60.7 Å². The van der Waals surface area contributed by atoms with Gasteiger partial charge in [0.1, 0.15) is 11.5 Å². The Morgan fingerprint density at radius 3 is 1.47 bits per heavy atom. The first-order valence-corrected chi connectivity index (χ1v) is 12.7. The van der Waals surface area contributed by atoms with E-state index >= 15 is 0 Å². The first kappa shape index (κ1) is 19.7. The lowest BCUT2D eigenvalue weighted by molar-refractivity contribution is 0.340. The predicted molar refractivity (Wildman–Crippen MR) is 133 cm³/mol. The summed E-state index contributed by atoms with van der Waals surface area (Å²) < 4.78 is 12.7. The van der Waals surface area contributed by atoms with Crippen molar-refractivity contribution in [2.24, 2.45) is 0 Å². The van der Waals surface area contributed by atoms with E-state index in [9.17, 15) is 0 Å². The van der Waals surface area contributed by atoms with Gasteiger partial charge in [0.25, 0.3) is 0 Å². The summed E-state index contributed by atoms with van der Waals surface area (Å²) in [5.41, 5.74) is 2.27. The van der Waals surface area contributed by atoms with Crippen LogP contribution in [0.5, 0.6) is 11.5 Å². The van der Waals surface area contributed by atoms with Crippen LogP contribution in [0.25, 0.3) is 32.7 Å². The lowest BCUT2D eigenvalue weighted by atomic mass is 9.92. The van der Waals surface area contributed by atoms with E-state index in [4.69, 9.17) is 9.47 Å². The van der Waals surface area contributed by atoms with E-state index in [1.54, 1.807) is 0 Å². The largest absolute Gasteiger partial charge is 0.492 e. The van der Waals surface area contributed by atoms with Gasteiger partial charge in [0.15, 0.2) is 0 Å². The number of ether oxygens (including phenoxy) is 2. The minimum absolute atomic E-state index is 0.710. The predicted octanol–water partition coefficient (Wildman–Crippen LogP) is 6.90. The average Bonchev–Trinajstić information content (AvgIpc) is 2.79. The fraction of sp³-hybridized carbons (Fsp3) is 0.231. The van der Waals surface area contributed by atoms with Gasteiger partial charge >= 0.3 is 0 Å². The summed E-state index contributed by atoms with van der Waals surface area (Å²) in [5.74, 6) is 6.18. The summed E-state index contributed by atoms with van der Waals surface area (Å²) in [7, 11) is 0. The van der Waals surface area contributed by atoms with Crippen LogP contribution in [0.2, 0.25) is 0 Å². The zero-order valence-electron chi connectivity index (χ0n) is 16.8. The van der Waals surface area contributed by atoms with Gasteiger partial charge in [0, 0.05) is 34.1 Å². The first-order chi connectivity index (χ1) is 14.9. The second kappa shape index (κ2) is 9.23. The highest BCUT2D eigenvalue weighted by Gasteiger charge is 2.19. The highest BCUT2D eigenvalue weighted by Crippen LogP contribution is 2.45. The Labute approximate surface area is 186 Å². The molecular formula is C26H24O2S2. The zero-order valence-corrected chi connectivity index (χ0v) is 18.4. The third-order valence-corrected chi connectivity index (χ3v) is 7.53. The third kappa shape index (κ3) is 3.99. The quantitative estimate of drug-likeness (QED) is 0.301. The minimum atomic E-state index is 0.710. The van der Waals surface area contributed by atoms with Gasteiger partial charge in [-0.3, -0.25) is 0 Å². The van der Waals surface area contributed by atoms with Crippen LogP contribution < -0.4 is 9.47 Å². The average molecular weight is 433 g/mol. The molecule has 0 radical (unpaired) electrons. The van der Waals surface area contributed by atoms with Gasteiger partial charge in [-0.15, -0.1) is 0 Å². The van der Waals surface area contributed by atoms with Crippen LogP contribution >= 0.6 is 23.5 Å². The molecular weight excluding hydrogens is 408 g/mol. The summed E-state index contributed by atoms with van der Waals surface area (Å²) in [5, 5.41) is 4.82. The Morgan fingerprint density at radius 1 is 0.500 bits per heavy atom. The summed E-state index contributed by atoms with van der Waals surface area (Å²) in [6.45, 7) is 1.42. The van der Waals surface area contributed by atoms with Crippen molar-refractivity contribution in [3.05, 3.63) is 72.8 Å². The van der Waals surface area contributed by atoms with Crippen LogP contribution in [0.4, 0.5) is 0 Å². The van der Waals surface area contributed by atoms with Gasteiger partial charge in [-0.05, 0) is 33.7 Å². The van der Waals surface area contributed by atoms with Crippen LogP contribution in [0.15, 0.2) is 72.8 Å². The molecule has 0 atom stereocenters. The molecule has 4 aromatic rings. The number of benzene rings is 4. The fourth-order valence-electron chi connectivity index (χ4n) is 4.00. The molecule has 1 aliphatic rings. The fourth-order valence-corrected chi connectivity index (χ4v) is 5.76. The third-order valence-electron chi connectivity index (χ3n) is 5.37. The van der Waals surface area contributed by atoms with Gasteiger partial charge in [0.05, 0.1) is 13.2 Å². The molecule has 4 aromatic carbocycles. The van der Waals surface area contributed by atoms with Crippen molar-refractivity contribution < 1.29 is 9.47 Å². The molecule has 0 amide bonds. The van der Waals surface area contributed by atoms with Gasteiger partial charge in [0.2, 0.25) is 0 Å². The Morgan fingerprint density at radius 2 is 0.967 bits per heavy atom. The van der Waals surface area contributed by atoms with E-state index in [-0.39, 0.29) is 0 Å². The Kier molecular flexibility index (Phi) is 6.05. The maximum atomic E-state index is 6.36. The number of fused-ring (bicyclic) bond motifs is 7. The monoisotopic (exact) mass is 432 g/mol. The summed E-state index contributed by atoms with van der Waals surface area (Å²) in [4.78, 5) is 0. The molecule has 0 saturated heterocycles. The summed E-state index contributed by atoms with van der Waals surface area (Å²) in [6.07, 6.45) is 0. The lowest BCUT2D eigenvalue weighted by Crippen LogP contribution is -2.06. The lowest BCUT2D eigenvalue weighted by Gasteiger charge is -2.20. The van der Waals surface area contributed by atoms with Crippen molar-refractivity contribution in [2.75, 3.05) is 36.2 Å². The van der Waals surface area contributed by atoms with Crippen LogP contribution in [0, 0.1) is 0 Å². The Bertz CT molecular complexity index is 1080. The molecule has 1 heterocycles. The summed E-state index contributed by atoms with van der Waals surface area (Å²) >= 11 is 3.92. The zero-order chi connectivity index (χ0) is 20.2. The van der Waals surface area contributed by atoms with E-state index in [1.807, 2.05) is 23.5 Å². The number of hydrogen-bond donors (Lipinski definition) is 0. The molecule has 0 bridgehead atoms. The van der Waals surface area contributed by atoms with E-state index in [1.165, 1.54) is 21.5 Å². The number of rotatable bonds is 0. The van der Waals surface area contributed by atoms with Crippen molar-refractivity contribution in [2.45, 2.75) is 0 Å². The van der Waals surface area contributed by atoms with E-state index in [0.29, 0.717) is 13.2 Å². The van der Waals surface area contributed by atoms with Crippen LogP contribution in [-0.4, -0.2) is 36.2 Å². The molecule has 0 N–H and O–H groups in total. The van der Waals surface area contributed by atoms with Gasteiger partial charge < -0.3 is 9.47 Å². The van der Waals surface area contributed by atoms with Crippen molar-refractivity contribution in [3.8, 4) is 22.6 Å². The molecule has 0 aromatic heterocycles. The van der Waals surface area contributed by atoms with Crippen molar-refractivity contribution in [3.63, 3.8) is 0 Å². The smallest absolute Gasteiger partial charge is 0.127 e. The van der Waals surface area contributed by atoms with E-state index < -0.39 is 0 Å². The van der Waals surface area contributed by atoms with Crippen LogP contribution in [0.3, 0.4) is 0 Å². The molecule has 152 valence electrons. The molecule has 0 unspecified atom stereocenters. The molecule has 2 nitrogen and oxygen atoms in total. The molecule has 30 heavy (non-hydrogen) atoms. The van der Waals surface area contributed by atoms with Crippen LogP contribution in [-0.2, 0) is 0 Å². The van der Waals surface area contributed by atoms with Crippen molar-refractivity contribution in [1.29, 1.82) is 0 Å². The Hall–Kier alpha value is -2.30. The molecule has 0 aliphatic carbocycles. The molecule has 0 fully saturated rings.